The van der Waals surface area contributed by atoms with Crippen molar-refractivity contribution < 1.29 is 15.0 Å². The molecule has 4 nitrogen and oxygen atoms in total. The number of hydrogen-bond acceptors (Lipinski definition) is 3. The second kappa shape index (κ2) is 68.8. The van der Waals surface area contributed by atoms with Crippen molar-refractivity contribution in [3.63, 3.8) is 0 Å². The van der Waals surface area contributed by atoms with Crippen LogP contribution in [0, 0.1) is 0 Å². The SMILES string of the molecule is CC/C=C\C/C=C\C/C=C\C/C=C\C/C=C\C/C=C\CCCCCCCCCCCCCCCCCCCCC(=O)NC(CO)C(O)/C=C/CCCCCCCCCCCCCCCCCCCCCCCCCCCCC. The number of rotatable bonds is 64. The standard InChI is InChI=1S/C74H135NO3/c1-3-5-7-9-11-13-15-17-19-21-23-25-27-29-31-33-34-35-36-37-38-39-40-42-44-46-48-50-52-54-56-58-60-62-64-66-68-70-74(78)75-72(71-76)73(77)69-67-65-63-61-59-57-55-53-51-49-47-45-43-41-32-30-28-26-24-22-20-18-16-14-12-10-8-6-4-2/h5,7,11,13,17,19,23,25,29,31,34-35,67,69,72-73,76-77H,3-4,6,8-10,12,14-16,18,20-22,24,26-28,30,32-33,36-66,68,70-71H2,1-2H3,(H,75,78)/b7-5-,13-11-,19-17-,25-23-,31-29-,35-34-,69-67+. The number of carbonyl (C=O) groups is 1. The van der Waals surface area contributed by atoms with E-state index in [-0.39, 0.29) is 12.5 Å². The van der Waals surface area contributed by atoms with E-state index in [9.17, 15) is 15.0 Å². The van der Waals surface area contributed by atoms with Crippen molar-refractivity contribution in [1.82, 2.24) is 5.32 Å². The average molecular weight is 1090 g/mol. The molecule has 2 atom stereocenters. The lowest BCUT2D eigenvalue weighted by molar-refractivity contribution is -0.123. The fraction of sp³-hybridized carbons (Fsp3) is 0.797. The van der Waals surface area contributed by atoms with E-state index in [1.807, 2.05) is 6.08 Å². The third kappa shape index (κ3) is 64.4. The van der Waals surface area contributed by atoms with E-state index < -0.39 is 12.1 Å². The molecule has 0 aromatic heterocycles. The number of aliphatic hydroxyl groups excluding tert-OH is 2. The molecule has 0 aliphatic carbocycles. The molecular formula is C74H135NO3. The van der Waals surface area contributed by atoms with Gasteiger partial charge < -0.3 is 15.5 Å². The van der Waals surface area contributed by atoms with Gasteiger partial charge in [-0.1, -0.05) is 369 Å². The van der Waals surface area contributed by atoms with E-state index in [1.165, 1.54) is 276 Å². The zero-order valence-corrected chi connectivity index (χ0v) is 52.4. The van der Waals surface area contributed by atoms with Gasteiger partial charge in [0.25, 0.3) is 0 Å². The van der Waals surface area contributed by atoms with Crippen molar-refractivity contribution in [3.05, 3.63) is 85.1 Å². The predicted molar refractivity (Wildman–Crippen MR) is 350 cm³/mol. The summed E-state index contributed by atoms with van der Waals surface area (Å²) in [4.78, 5) is 12.5. The molecule has 0 saturated carbocycles. The molecule has 78 heavy (non-hydrogen) atoms. The van der Waals surface area contributed by atoms with Crippen LogP contribution in [0.3, 0.4) is 0 Å². The first-order chi connectivity index (χ1) is 38.7. The molecule has 0 fully saturated rings. The fourth-order valence-electron chi connectivity index (χ4n) is 10.7. The first kappa shape index (κ1) is 75.6. The Labute approximate surface area is 488 Å². The van der Waals surface area contributed by atoms with Crippen LogP contribution in [0.25, 0.3) is 0 Å². The number of unbranched alkanes of at least 4 members (excludes halogenated alkanes) is 45. The summed E-state index contributed by atoms with van der Waals surface area (Å²) in [7, 11) is 0. The molecule has 0 rings (SSSR count). The third-order valence-electron chi connectivity index (χ3n) is 15.9. The molecule has 0 aliphatic rings. The first-order valence-corrected chi connectivity index (χ1v) is 34.8. The van der Waals surface area contributed by atoms with Gasteiger partial charge in [0.05, 0.1) is 18.8 Å². The van der Waals surface area contributed by atoms with Crippen LogP contribution in [-0.4, -0.2) is 34.9 Å². The second-order valence-corrected chi connectivity index (χ2v) is 23.6. The number of allylic oxidation sites excluding steroid dienone is 13. The van der Waals surface area contributed by atoms with Crippen molar-refractivity contribution in [2.24, 2.45) is 0 Å². The van der Waals surface area contributed by atoms with Crippen molar-refractivity contribution in [1.29, 1.82) is 0 Å². The van der Waals surface area contributed by atoms with Gasteiger partial charge in [-0.15, -0.1) is 0 Å². The van der Waals surface area contributed by atoms with E-state index in [0.717, 1.165) is 64.2 Å². The van der Waals surface area contributed by atoms with Gasteiger partial charge >= 0.3 is 0 Å². The summed E-state index contributed by atoms with van der Waals surface area (Å²) in [5, 5.41) is 23.3. The van der Waals surface area contributed by atoms with Crippen molar-refractivity contribution in [3.8, 4) is 0 Å². The Hall–Kier alpha value is -2.43. The average Bonchev–Trinajstić information content (AvgIpc) is 3.44. The minimum atomic E-state index is -0.843. The maximum Gasteiger partial charge on any atom is 0.220 e. The summed E-state index contributed by atoms with van der Waals surface area (Å²) >= 11 is 0. The van der Waals surface area contributed by atoms with Crippen LogP contribution in [0.2, 0.25) is 0 Å². The van der Waals surface area contributed by atoms with Gasteiger partial charge in [0.15, 0.2) is 0 Å². The van der Waals surface area contributed by atoms with Crippen LogP contribution in [0.15, 0.2) is 85.1 Å². The summed E-state index contributed by atoms with van der Waals surface area (Å²) < 4.78 is 0. The summed E-state index contributed by atoms with van der Waals surface area (Å²) in [6.45, 7) is 4.23. The first-order valence-electron chi connectivity index (χ1n) is 34.8. The Kier molecular flexibility index (Phi) is 66.7. The molecule has 0 saturated heterocycles. The lowest BCUT2D eigenvalue weighted by atomic mass is 10.0. The normalized spacial score (nSPS) is 13.2. The number of nitrogens with one attached hydrogen (secondary N) is 1. The van der Waals surface area contributed by atoms with Crippen LogP contribution in [0.5, 0.6) is 0 Å². The highest BCUT2D eigenvalue weighted by Gasteiger charge is 2.18. The maximum atomic E-state index is 12.5. The Morgan fingerprint density at radius 1 is 0.321 bits per heavy atom. The molecule has 454 valence electrons. The summed E-state index contributed by atoms with van der Waals surface area (Å²) in [5.41, 5.74) is 0. The topological polar surface area (TPSA) is 69.6 Å². The van der Waals surface area contributed by atoms with E-state index in [2.05, 4.69) is 92.1 Å². The largest absolute Gasteiger partial charge is 0.394 e. The molecule has 0 spiro atoms. The van der Waals surface area contributed by atoms with Crippen LogP contribution in [0.1, 0.15) is 361 Å². The molecule has 1 amide bonds. The van der Waals surface area contributed by atoms with Gasteiger partial charge in [-0.2, -0.15) is 0 Å². The molecule has 4 heteroatoms. The molecule has 0 bridgehead atoms. The Balaban J connectivity index is 3.46. The van der Waals surface area contributed by atoms with E-state index in [4.69, 9.17) is 0 Å². The minimum Gasteiger partial charge on any atom is -0.394 e. The highest BCUT2D eigenvalue weighted by Crippen LogP contribution is 2.18. The molecule has 0 aromatic carbocycles. The lowest BCUT2D eigenvalue weighted by Gasteiger charge is -2.20. The van der Waals surface area contributed by atoms with Crippen LogP contribution in [-0.2, 0) is 4.79 Å². The summed E-state index contributed by atoms with van der Waals surface area (Å²) in [5.74, 6) is -0.0597. The predicted octanol–water partition coefficient (Wildman–Crippen LogP) is 23.8. The fourth-order valence-corrected chi connectivity index (χ4v) is 10.7. The number of carbonyl (C=O) groups excluding carboxylic acids is 1. The van der Waals surface area contributed by atoms with Crippen LogP contribution >= 0.6 is 0 Å². The molecule has 0 aromatic rings. The molecule has 2 unspecified atom stereocenters. The molecule has 0 radical (unpaired) electrons. The smallest absolute Gasteiger partial charge is 0.220 e. The van der Waals surface area contributed by atoms with Gasteiger partial charge in [-0.3, -0.25) is 4.79 Å². The van der Waals surface area contributed by atoms with Gasteiger partial charge in [-0.05, 0) is 70.6 Å². The quantitative estimate of drug-likeness (QED) is 0.0420. The summed E-state index contributed by atoms with van der Waals surface area (Å²) in [6.07, 6.45) is 101. The number of hydrogen-bond donors (Lipinski definition) is 3. The van der Waals surface area contributed by atoms with Crippen LogP contribution in [0.4, 0.5) is 0 Å². The Morgan fingerprint density at radius 3 is 0.846 bits per heavy atom. The van der Waals surface area contributed by atoms with Gasteiger partial charge in [0.2, 0.25) is 5.91 Å². The van der Waals surface area contributed by atoms with Crippen molar-refractivity contribution in [2.45, 2.75) is 373 Å². The number of amides is 1. The molecule has 0 heterocycles. The number of aliphatic hydroxyl groups is 2. The van der Waals surface area contributed by atoms with E-state index in [0.29, 0.717) is 6.42 Å². The third-order valence-corrected chi connectivity index (χ3v) is 15.9. The minimum absolute atomic E-state index is 0.0597. The zero-order chi connectivity index (χ0) is 56.2. The zero-order valence-electron chi connectivity index (χ0n) is 52.4. The molecule has 0 aliphatic heterocycles. The monoisotopic (exact) mass is 1090 g/mol. The van der Waals surface area contributed by atoms with Crippen molar-refractivity contribution >= 4 is 5.91 Å². The highest BCUT2D eigenvalue weighted by atomic mass is 16.3. The second-order valence-electron chi connectivity index (χ2n) is 23.6. The summed E-state index contributed by atoms with van der Waals surface area (Å²) in [6, 6.07) is -0.626. The van der Waals surface area contributed by atoms with E-state index >= 15 is 0 Å². The lowest BCUT2D eigenvalue weighted by Crippen LogP contribution is -2.45. The molecular weight excluding hydrogens is 951 g/mol. The Morgan fingerprint density at radius 2 is 0.564 bits per heavy atom. The van der Waals surface area contributed by atoms with Crippen molar-refractivity contribution in [2.75, 3.05) is 6.61 Å². The van der Waals surface area contributed by atoms with E-state index in [1.54, 1.807) is 6.08 Å². The van der Waals surface area contributed by atoms with Gasteiger partial charge in [-0.25, -0.2) is 0 Å². The Bertz CT molecular complexity index is 1370. The van der Waals surface area contributed by atoms with Gasteiger partial charge in [0, 0.05) is 6.42 Å². The maximum absolute atomic E-state index is 12.5. The van der Waals surface area contributed by atoms with Gasteiger partial charge in [0.1, 0.15) is 0 Å². The van der Waals surface area contributed by atoms with Crippen LogP contribution < -0.4 is 5.32 Å². The highest BCUT2D eigenvalue weighted by molar-refractivity contribution is 5.76. The molecule has 3 N–H and O–H groups in total.